The van der Waals surface area contributed by atoms with Gasteiger partial charge in [0, 0.05) is 12.1 Å². The molecule has 1 aliphatic rings. The van der Waals surface area contributed by atoms with E-state index in [4.69, 9.17) is 27.4 Å². The predicted molar refractivity (Wildman–Crippen MR) is 81.0 cm³/mol. The lowest BCUT2D eigenvalue weighted by Crippen LogP contribution is -2.51. The van der Waals surface area contributed by atoms with Crippen LogP contribution in [0.3, 0.4) is 0 Å². The van der Waals surface area contributed by atoms with E-state index in [1.54, 1.807) is 0 Å². The van der Waals surface area contributed by atoms with Crippen molar-refractivity contribution >= 4 is 28.9 Å². The van der Waals surface area contributed by atoms with Crippen molar-refractivity contribution in [2.75, 3.05) is 31.8 Å². The zero-order chi connectivity index (χ0) is 14.7. The predicted octanol–water partition coefficient (Wildman–Crippen LogP) is 1.01. The van der Waals surface area contributed by atoms with E-state index in [2.05, 4.69) is 0 Å². The van der Waals surface area contributed by atoms with Gasteiger partial charge in [0.2, 0.25) is 0 Å². The van der Waals surface area contributed by atoms with Gasteiger partial charge in [0.05, 0.1) is 26.0 Å². The van der Waals surface area contributed by atoms with Gasteiger partial charge in [-0.15, -0.1) is 0 Å². The van der Waals surface area contributed by atoms with Crippen molar-refractivity contribution in [2.24, 2.45) is 5.73 Å². The Morgan fingerprint density at radius 2 is 2.30 bits per heavy atom. The van der Waals surface area contributed by atoms with Gasteiger partial charge in [0.1, 0.15) is 4.99 Å². The number of aryl methyl sites for hydroxylation is 1. The number of morpholine rings is 1. The molecule has 1 atom stereocenters. The third kappa shape index (κ3) is 2.76. The highest BCUT2D eigenvalue weighted by Gasteiger charge is 2.32. The molecule has 1 heterocycles. The number of nitrogens with zero attached hydrogens (tertiary/aromatic N) is 1. The fourth-order valence-electron chi connectivity index (χ4n) is 2.44. The van der Waals surface area contributed by atoms with E-state index in [1.165, 1.54) is 7.11 Å². The van der Waals surface area contributed by atoms with Crippen LogP contribution in [0.2, 0.25) is 0 Å². The maximum atomic E-state index is 11.9. The summed E-state index contributed by atoms with van der Waals surface area (Å²) in [7, 11) is 1.38. The first-order valence-corrected chi connectivity index (χ1v) is 6.78. The molecule has 1 aliphatic heterocycles. The van der Waals surface area contributed by atoms with Crippen molar-refractivity contribution in [1.82, 2.24) is 0 Å². The molecule has 0 saturated carbocycles. The number of ether oxygens (including phenoxy) is 2. The van der Waals surface area contributed by atoms with Crippen molar-refractivity contribution in [3.05, 3.63) is 29.3 Å². The van der Waals surface area contributed by atoms with Crippen LogP contribution in [0.5, 0.6) is 0 Å². The Morgan fingerprint density at radius 1 is 1.55 bits per heavy atom. The SMILES string of the molecule is COC(=O)C1COCCN1c1c(C)cccc1C(N)=S. The molecule has 5 nitrogen and oxygen atoms in total. The lowest BCUT2D eigenvalue weighted by atomic mass is 10.0. The number of methoxy groups -OCH3 is 1. The zero-order valence-corrected chi connectivity index (χ0v) is 12.4. The van der Waals surface area contributed by atoms with Gasteiger partial charge in [-0.3, -0.25) is 0 Å². The number of esters is 1. The molecule has 0 aromatic heterocycles. The number of anilines is 1. The average molecular weight is 294 g/mol. The van der Waals surface area contributed by atoms with Crippen LogP contribution in [-0.2, 0) is 14.3 Å². The first kappa shape index (κ1) is 14.7. The van der Waals surface area contributed by atoms with Gasteiger partial charge in [-0.1, -0.05) is 24.4 Å². The van der Waals surface area contributed by atoms with Crippen LogP contribution in [0.25, 0.3) is 0 Å². The lowest BCUT2D eigenvalue weighted by Gasteiger charge is -2.37. The molecule has 108 valence electrons. The Hall–Kier alpha value is -1.66. The fraction of sp³-hybridized carbons (Fsp3) is 0.429. The highest BCUT2D eigenvalue weighted by molar-refractivity contribution is 7.80. The van der Waals surface area contributed by atoms with Crippen molar-refractivity contribution in [3.63, 3.8) is 0 Å². The van der Waals surface area contributed by atoms with Crippen LogP contribution < -0.4 is 10.6 Å². The summed E-state index contributed by atoms with van der Waals surface area (Å²) in [5, 5.41) is 0. The van der Waals surface area contributed by atoms with Crippen molar-refractivity contribution in [2.45, 2.75) is 13.0 Å². The zero-order valence-electron chi connectivity index (χ0n) is 11.6. The molecule has 0 bridgehead atoms. The third-order valence-corrected chi connectivity index (χ3v) is 3.61. The van der Waals surface area contributed by atoms with Gasteiger partial charge in [0.15, 0.2) is 6.04 Å². The second kappa shape index (κ2) is 6.19. The number of thiocarbonyl (C=S) groups is 1. The number of carbonyl (C=O) groups excluding carboxylic acids is 1. The largest absolute Gasteiger partial charge is 0.467 e. The number of benzene rings is 1. The molecule has 1 aromatic carbocycles. The Labute approximate surface area is 123 Å². The van der Waals surface area contributed by atoms with E-state index in [9.17, 15) is 4.79 Å². The standard InChI is InChI=1S/C14H18N2O3S/c1-9-4-3-5-10(13(15)20)12(9)16-6-7-19-8-11(16)14(17)18-2/h3-5,11H,6-8H2,1-2H3,(H2,15,20). The van der Waals surface area contributed by atoms with Crippen LogP contribution in [0, 0.1) is 6.92 Å². The first-order chi connectivity index (χ1) is 9.56. The van der Waals surface area contributed by atoms with E-state index in [0.29, 0.717) is 24.7 Å². The molecule has 1 aromatic rings. The minimum absolute atomic E-state index is 0.303. The molecule has 1 fully saturated rings. The normalized spacial score (nSPS) is 18.7. The summed E-state index contributed by atoms with van der Waals surface area (Å²) in [5.74, 6) is -0.318. The van der Waals surface area contributed by atoms with Gasteiger partial charge < -0.3 is 20.1 Å². The van der Waals surface area contributed by atoms with Crippen LogP contribution in [0.4, 0.5) is 5.69 Å². The van der Waals surface area contributed by atoms with Gasteiger partial charge in [-0.05, 0) is 18.6 Å². The topological polar surface area (TPSA) is 64.8 Å². The van der Waals surface area contributed by atoms with Gasteiger partial charge in [-0.2, -0.15) is 0 Å². The van der Waals surface area contributed by atoms with Crippen LogP contribution >= 0.6 is 12.2 Å². The molecule has 0 radical (unpaired) electrons. The van der Waals surface area contributed by atoms with E-state index >= 15 is 0 Å². The van der Waals surface area contributed by atoms with E-state index in [1.807, 2.05) is 30.0 Å². The molecular formula is C14H18N2O3S. The second-order valence-corrected chi connectivity index (χ2v) is 5.08. The summed E-state index contributed by atoms with van der Waals surface area (Å²) in [4.78, 5) is 14.2. The summed E-state index contributed by atoms with van der Waals surface area (Å²) in [6, 6.07) is 5.28. The Balaban J connectivity index is 2.47. The molecule has 1 unspecified atom stereocenters. The van der Waals surface area contributed by atoms with Crippen molar-refractivity contribution in [1.29, 1.82) is 0 Å². The lowest BCUT2D eigenvalue weighted by molar-refractivity contribution is -0.144. The summed E-state index contributed by atoms with van der Waals surface area (Å²) in [6.07, 6.45) is 0. The van der Waals surface area contributed by atoms with Gasteiger partial charge in [-0.25, -0.2) is 4.79 Å². The number of carbonyl (C=O) groups is 1. The minimum atomic E-state index is -0.469. The number of hydrogen-bond donors (Lipinski definition) is 1. The Morgan fingerprint density at radius 3 is 2.95 bits per heavy atom. The van der Waals surface area contributed by atoms with Crippen molar-refractivity contribution in [3.8, 4) is 0 Å². The monoisotopic (exact) mass is 294 g/mol. The summed E-state index contributed by atoms with van der Waals surface area (Å²) in [5.41, 5.74) is 8.48. The van der Waals surface area contributed by atoms with Gasteiger partial charge in [0.25, 0.3) is 0 Å². The molecule has 0 spiro atoms. The number of nitrogens with two attached hydrogens (primary N) is 1. The van der Waals surface area contributed by atoms with E-state index < -0.39 is 6.04 Å². The molecule has 20 heavy (non-hydrogen) atoms. The molecule has 0 aliphatic carbocycles. The second-order valence-electron chi connectivity index (χ2n) is 4.64. The third-order valence-electron chi connectivity index (χ3n) is 3.39. The quantitative estimate of drug-likeness (QED) is 0.663. The van der Waals surface area contributed by atoms with Crippen LogP contribution in [0.1, 0.15) is 11.1 Å². The number of hydrogen-bond acceptors (Lipinski definition) is 5. The Kier molecular flexibility index (Phi) is 4.57. The maximum Gasteiger partial charge on any atom is 0.330 e. The highest BCUT2D eigenvalue weighted by Crippen LogP contribution is 2.28. The summed E-state index contributed by atoms with van der Waals surface area (Å²) < 4.78 is 10.2. The molecule has 1 saturated heterocycles. The minimum Gasteiger partial charge on any atom is -0.467 e. The maximum absolute atomic E-state index is 11.9. The molecule has 6 heteroatoms. The first-order valence-electron chi connectivity index (χ1n) is 6.38. The Bertz CT molecular complexity index is 533. The average Bonchev–Trinajstić information content (AvgIpc) is 2.46. The van der Waals surface area contributed by atoms with Gasteiger partial charge >= 0.3 is 5.97 Å². The highest BCUT2D eigenvalue weighted by atomic mass is 32.1. The fourth-order valence-corrected chi connectivity index (χ4v) is 2.61. The number of rotatable bonds is 3. The van der Waals surface area contributed by atoms with Crippen LogP contribution in [-0.4, -0.2) is 43.9 Å². The molecule has 2 N–H and O–H groups in total. The summed E-state index contributed by atoms with van der Waals surface area (Å²) in [6.45, 7) is 3.43. The molecular weight excluding hydrogens is 276 g/mol. The number of para-hydroxylation sites is 1. The molecule has 0 amide bonds. The summed E-state index contributed by atoms with van der Waals surface area (Å²) >= 11 is 5.11. The van der Waals surface area contributed by atoms with E-state index in [0.717, 1.165) is 16.8 Å². The van der Waals surface area contributed by atoms with E-state index in [-0.39, 0.29) is 5.97 Å². The van der Waals surface area contributed by atoms with Crippen LogP contribution in [0.15, 0.2) is 18.2 Å². The van der Waals surface area contributed by atoms with Crippen molar-refractivity contribution < 1.29 is 14.3 Å². The molecule has 2 rings (SSSR count). The smallest absolute Gasteiger partial charge is 0.330 e.